The van der Waals surface area contributed by atoms with E-state index < -0.39 is 0 Å². The summed E-state index contributed by atoms with van der Waals surface area (Å²) in [6, 6.07) is 0. The smallest absolute Gasteiger partial charge is 0.135 e. The Bertz CT molecular complexity index is 157. The van der Waals surface area contributed by atoms with Crippen molar-refractivity contribution in [1.29, 1.82) is 0 Å². The van der Waals surface area contributed by atoms with Crippen LogP contribution >= 0.6 is 0 Å². The minimum atomic E-state index is 0.278. The van der Waals surface area contributed by atoms with Gasteiger partial charge in [-0.05, 0) is 11.8 Å². The Morgan fingerprint density at radius 3 is 2.45 bits per heavy atom. The fraction of sp³-hybridized carbons (Fsp3) is 0.889. The van der Waals surface area contributed by atoms with E-state index in [9.17, 15) is 0 Å². The summed E-state index contributed by atoms with van der Waals surface area (Å²) in [4.78, 5) is 5.21. The zero-order valence-electron chi connectivity index (χ0n) is 7.79. The highest BCUT2D eigenvalue weighted by Crippen LogP contribution is 2.32. The van der Waals surface area contributed by atoms with Crippen molar-refractivity contribution >= 4 is 6.21 Å². The van der Waals surface area contributed by atoms with Crippen molar-refractivity contribution < 1.29 is 4.84 Å². The molecular weight excluding hydrogens is 138 g/mol. The van der Waals surface area contributed by atoms with Gasteiger partial charge in [-0.2, -0.15) is 0 Å². The second kappa shape index (κ2) is 2.84. The van der Waals surface area contributed by atoms with Crippen molar-refractivity contribution in [1.82, 2.24) is 0 Å². The fourth-order valence-corrected chi connectivity index (χ4v) is 1.45. The van der Waals surface area contributed by atoms with Gasteiger partial charge in [0, 0.05) is 5.92 Å². The van der Waals surface area contributed by atoms with Crippen LogP contribution in [0.5, 0.6) is 0 Å². The Hall–Kier alpha value is -0.530. The first-order chi connectivity index (χ1) is 5.05. The molecule has 1 aliphatic heterocycles. The zero-order valence-corrected chi connectivity index (χ0v) is 7.79. The van der Waals surface area contributed by atoms with Crippen LogP contribution < -0.4 is 0 Å². The highest BCUT2D eigenvalue weighted by molar-refractivity contribution is 5.63. The highest BCUT2D eigenvalue weighted by atomic mass is 16.6. The first-order valence-corrected chi connectivity index (χ1v) is 4.25. The maximum Gasteiger partial charge on any atom is 0.135 e. The molecule has 0 fully saturated rings. The van der Waals surface area contributed by atoms with E-state index >= 15 is 0 Å². The van der Waals surface area contributed by atoms with Gasteiger partial charge in [0.2, 0.25) is 0 Å². The minimum Gasteiger partial charge on any atom is -0.392 e. The molecule has 2 heteroatoms. The van der Waals surface area contributed by atoms with Gasteiger partial charge < -0.3 is 4.84 Å². The van der Waals surface area contributed by atoms with Gasteiger partial charge in [-0.15, -0.1) is 0 Å². The molecule has 2 nitrogen and oxygen atoms in total. The first-order valence-electron chi connectivity index (χ1n) is 4.25. The molecule has 1 heterocycles. The SMILES string of the molecule is CCC1ON=CC1C(C)(C)C. The van der Waals surface area contributed by atoms with E-state index in [1.807, 2.05) is 6.21 Å². The average molecular weight is 155 g/mol. The second-order valence-electron chi connectivity index (χ2n) is 4.20. The molecule has 1 aliphatic rings. The van der Waals surface area contributed by atoms with Gasteiger partial charge in [0.15, 0.2) is 0 Å². The quantitative estimate of drug-likeness (QED) is 0.570. The predicted molar refractivity (Wildman–Crippen MR) is 46.6 cm³/mol. The lowest BCUT2D eigenvalue weighted by atomic mass is 9.78. The number of hydrogen-bond acceptors (Lipinski definition) is 2. The second-order valence-corrected chi connectivity index (χ2v) is 4.20. The van der Waals surface area contributed by atoms with Crippen molar-refractivity contribution in [2.45, 2.75) is 40.2 Å². The topological polar surface area (TPSA) is 21.6 Å². The molecule has 0 amide bonds. The summed E-state index contributed by atoms with van der Waals surface area (Å²) in [7, 11) is 0. The van der Waals surface area contributed by atoms with Crippen molar-refractivity contribution in [3.63, 3.8) is 0 Å². The van der Waals surface area contributed by atoms with Crippen LogP contribution in [0.25, 0.3) is 0 Å². The molecule has 0 aromatic heterocycles. The molecular formula is C9H17NO. The highest BCUT2D eigenvalue weighted by Gasteiger charge is 2.34. The number of rotatable bonds is 1. The molecule has 2 atom stereocenters. The monoisotopic (exact) mass is 155 g/mol. The lowest BCUT2D eigenvalue weighted by Gasteiger charge is -2.27. The van der Waals surface area contributed by atoms with E-state index in [-0.39, 0.29) is 5.41 Å². The van der Waals surface area contributed by atoms with Gasteiger partial charge in [-0.3, -0.25) is 0 Å². The van der Waals surface area contributed by atoms with E-state index in [1.54, 1.807) is 0 Å². The maximum atomic E-state index is 5.21. The van der Waals surface area contributed by atoms with Crippen molar-refractivity contribution in [2.24, 2.45) is 16.5 Å². The van der Waals surface area contributed by atoms with E-state index in [2.05, 4.69) is 32.9 Å². The molecule has 0 aromatic rings. The lowest BCUT2D eigenvalue weighted by molar-refractivity contribution is 0.0315. The van der Waals surface area contributed by atoms with Crippen molar-refractivity contribution in [3.05, 3.63) is 0 Å². The lowest BCUT2D eigenvalue weighted by Crippen LogP contribution is -2.30. The number of hydrogen-bond donors (Lipinski definition) is 0. The number of oxime groups is 1. The third-order valence-corrected chi connectivity index (χ3v) is 2.22. The van der Waals surface area contributed by atoms with Crippen molar-refractivity contribution in [3.8, 4) is 0 Å². The molecule has 64 valence electrons. The predicted octanol–water partition coefficient (Wildman–Crippen LogP) is 2.44. The van der Waals surface area contributed by atoms with Gasteiger partial charge in [-0.25, -0.2) is 0 Å². The molecule has 0 N–H and O–H groups in total. The van der Waals surface area contributed by atoms with E-state index in [1.165, 1.54) is 0 Å². The summed E-state index contributed by atoms with van der Waals surface area (Å²) in [6.45, 7) is 8.81. The van der Waals surface area contributed by atoms with Crippen LogP contribution in [0.3, 0.4) is 0 Å². The maximum absolute atomic E-state index is 5.21. The Kier molecular flexibility index (Phi) is 2.21. The molecule has 0 bridgehead atoms. The van der Waals surface area contributed by atoms with Crippen LogP contribution in [0.15, 0.2) is 5.16 Å². The first kappa shape index (κ1) is 8.57. The Morgan fingerprint density at radius 2 is 2.09 bits per heavy atom. The summed E-state index contributed by atoms with van der Waals surface area (Å²) in [6.07, 6.45) is 3.28. The molecule has 0 saturated heterocycles. The summed E-state index contributed by atoms with van der Waals surface area (Å²) in [5.74, 6) is 0.479. The largest absolute Gasteiger partial charge is 0.392 e. The molecule has 0 saturated carbocycles. The van der Waals surface area contributed by atoms with Crippen LogP contribution in [-0.2, 0) is 4.84 Å². The van der Waals surface area contributed by atoms with Gasteiger partial charge in [-0.1, -0.05) is 32.9 Å². The normalized spacial score (nSPS) is 30.5. The molecule has 0 aliphatic carbocycles. The molecule has 0 radical (unpaired) electrons. The van der Waals surface area contributed by atoms with Crippen LogP contribution in [0.2, 0.25) is 0 Å². The van der Waals surface area contributed by atoms with Crippen LogP contribution in [0, 0.1) is 11.3 Å². The van der Waals surface area contributed by atoms with Crippen LogP contribution in [0.4, 0.5) is 0 Å². The Labute approximate surface area is 68.6 Å². The average Bonchev–Trinajstić information content (AvgIpc) is 2.31. The van der Waals surface area contributed by atoms with Gasteiger partial charge >= 0.3 is 0 Å². The Balaban J connectivity index is 2.63. The molecule has 11 heavy (non-hydrogen) atoms. The number of nitrogens with zero attached hydrogens (tertiary/aromatic N) is 1. The van der Waals surface area contributed by atoms with Crippen LogP contribution in [-0.4, -0.2) is 12.3 Å². The third-order valence-electron chi connectivity index (χ3n) is 2.22. The van der Waals surface area contributed by atoms with E-state index in [0.717, 1.165) is 6.42 Å². The molecule has 0 spiro atoms. The Morgan fingerprint density at radius 1 is 1.45 bits per heavy atom. The van der Waals surface area contributed by atoms with E-state index in [4.69, 9.17) is 4.84 Å². The van der Waals surface area contributed by atoms with Crippen molar-refractivity contribution in [2.75, 3.05) is 0 Å². The fourth-order valence-electron chi connectivity index (χ4n) is 1.45. The summed E-state index contributed by atoms with van der Waals surface area (Å²) in [5.41, 5.74) is 0.278. The molecule has 0 aromatic carbocycles. The van der Waals surface area contributed by atoms with Gasteiger partial charge in [0.25, 0.3) is 0 Å². The van der Waals surface area contributed by atoms with Crippen LogP contribution in [0.1, 0.15) is 34.1 Å². The van der Waals surface area contributed by atoms with Gasteiger partial charge in [0.1, 0.15) is 6.10 Å². The molecule has 2 unspecified atom stereocenters. The zero-order chi connectivity index (χ0) is 8.48. The molecule has 1 rings (SSSR count). The summed E-state index contributed by atoms with van der Waals surface area (Å²) in [5, 5.41) is 3.86. The minimum absolute atomic E-state index is 0.278. The summed E-state index contributed by atoms with van der Waals surface area (Å²) < 4.78 is 0. The summed E-state index contributed by atoms with van der Waals surface area (Å²) >= 11 is 0. The van der Waals surface area contributed by atoms with E-state index in [0.29, 0.717) is 12.0 Å². The standard InChI is InChI=1S/C9H17NO/c1-5-8-7(6-10-11-8)9(2,3)4/h6-8H,5H2,1-4H3. The third kappa shape index (κ3) is 1.73. The van der Waals surface area contributed by atoms with Gasteiger partial charge in [0.05, 0.1) is 6.21 Å².